The third-order valence-corrected chi connectivity index (χ3v) is 4.11. The van der Waals surface area contributed by atoms with Crippen molar-refractivity contribution >= 4 is 11.9 Å². The number of alkyl halides is 3. The molecule has 6 nitrogen and oxygen atoms in total. The van der Waals surface area contributed by atoms with Gasteiger partial charge in [-0.25, -0.2) is 4.99 Å². The SMILES string of the molecule is CCNC(=NCc1cccc(OCC(N)=O)c1)NC(C)c1cccc(C(F)(F)F)c1. The van der Waals surface area contributed by atoms with Gasteiger partial charge in [0.25, 0.3) is 5.91 Å². The fourth-order valence-corrected chi connectivity index (χ4v) is 2.65. The molecule has 0 heterocycles. The van der Waals surface area contributed by atoms with Crippen molar-refractivity contribution in [1.82, 2.24) is 10.6 Å². The molecular weight excluding hydrogens is 397 g/mol. The number of guanidine groups is 1. The number of carbonyl (C=O) groups is 1. The monoisotopic (exact) mass is 422 g/mol. The predicted octanol–water partition coefficient (Wildman–Crippen LogP) is 3.39. The van der Waals surface area contributed by atoms with Crippen molar-refractivity contribution in [2.75, 3.05) is 13.2 Å². The van der Waals surface area contributed by atoms with Crippen molar-refractivity contribution < 1.29 is 22.7 Å². The Hall–Kier alpha value is -3.23. The molecule has 0 radical (unpaired) electrons. The van der Waals surface area contributed by atoms with Crippen LogP contribution < -0.4 is 21.1 Å². The summed E-state index contributed by atoms with van der Waals surface area (Å²) in [6, 6.07) is 11.9. The Bertz CT molecular complexity index is 885. The average molecular weight is 422 g/mol. The third-order valence-electron chi connectivity index (χ3n) is 4.11. The largest absolute Gasteiger partial charge is 0.484 e. The summed E-state index contributed by atoms with van der Waals surface area (Å²) in [7, 11) is 0. The van der Waals surface area contributed by atoms with E-state index in [1.807, 2.05) is 13.0 Å². The van der Waals surface area contributed by atoms with E-state index in [9.17, 15) is 18.0 Å². The van der Waals surface area contributed by atoms with Crippen LogP contribution in [0.5, 0.6) is 5.75 Å². The minimum Gasteiger partial charge on any atom is -0.484 e. The van der Waals surface area contributed by atoms with Crippen molar-refractivity contribution in [3.8, 4) is 5.75 Å². The lowest BCUT2D eigenvalue weighted by atomic mass is 10.1. The molecule has 0 bridgehead atoms. The average Bonchev–Trinajstić information content (AvgIpc) is 2.70. The number of rotatable bonds is 8. The zero-order chi connectivity index (χ0) is 22.1. The van der Waals surface area contributed by atoms with Crippen molar-refractivity contribution in [2.24, 2.45) is 10.7 Å². The summed E-state index contributed by atoms with van der Waals surface area (Å²) < 4.78 is 44.2. The van der Waals surface area contributed by atoms with Crippen molar-refractivity contribution in [3.63, 3.8) is 0 Å². The molecule has 1 unspecified atom stereocenters. The van der Waals surface area contributed by atoms with E-state index in [1.165, 1.54) is 6.07 Å². The number of hydrogen-bond donors (Lipinski definition) is 3. The summed E-state index contributed by atoms with van der Waals surface area (Å²) in [5, 5.41) is 6.19. The van der Waals surface area contributed by atoms with Crippen LogP contribution in [0.2, 0.25) is 0 Å². The van der Waals surface area contributed by atoms with E-state index in [-0.39, 0.29) is 6.61 Å². The second-order valence-corrected chi connectivity index (χ2v) is 6.59. The molecule has 0 aliphatic carbocycles. The molecule has 0 saturated heterocycles. The van der Waals surface area contributed by atoms with Gasteiger partial charge in [0, 0.05) is 6.54 Å². The zero-order valence-corrected chi connectivity index (χ0v) is 16.8. The molecular formula is C21H25F3N4O2. The summed E-state index contributed by atoms with van der Waals surface area (Å²) in [4.78, 5) is 15.3. The smallest absolute Gasteiger partial charge is 0.416 e. The van der Waals surface area contributed by atoms with Gasteiger partial charge in [-0.2, -0.15) is 13.2 Å². The van der Waals surface area contributed by atoms with Gasteiger partial charge in [-0.15, -0.1) is 0 Å². The summed E-state index contributed by atoms with van der Waals surface area (Å²) >= 11 is 0. The highest BCUT2D eigenvalue weighted by atomic mass is 19.4. The topological polar surface area (TPSA) is 88.7 Å². The molecule has 2 aromatic rings. The number of carbonyl (C=O) groups excluding carboxylic acids is 1. The molecule has 9 heteroatoms. The van der Waals surface area contributed by atoms with E-state index < -0.39 is 23.7 Å². The summed E-state index contributed by atoms with van der Waals surface area (Å²) in [5.74, 6) is 0.392. The van der Waals surface area contributed by atoms with E-state index in [0.29, 0.717) is 30.4 Å². The maximum atomic E-state index is 13.0. The van der Waals surface area contributed by atoms with Crippen LogP contribution in [0.1, 0.15) is 36.6 Å². The number of nitrogens with zero attached hydrogens (tertiary/aromatic N) is 1. The van der Waals surface area contributed by atoms with Crippen LogP contribution in [0.3, 0.4) is 0 Å². The van der Waals surface area contributed by atoms with Gasteiger partial charge >= 0.3 is 6.18 Å². The summed E-state index contributed by atoms with van der Waals surface area (Å²) in [6.07, 6.45) is -4.39. The van der Waals surface area contributed by atoms with Crippen molar-refractivity contribution in [1.29, 1.82) is 0 Å². The third kappa shape index (κ3) is 7.31. The number of benzene rings is 2. The second kappa shape index (κ2) is 10.5. The molecule has 0 fully saturated rings. The van der Waals surface area contributed by atoms with E-state index in [2.05, 4.69) is 15.6 Å². The lowest BCUT2D eigenvalue weighted by molar-refractivity contribution is -0.137. The molecule has 0 aliphatic heterocycles. The maximum absolute atomic E-state index is 13.0. The van der Waals surface area contributed by atoms with Crippen molar-refractivity contribution in [3.05, 3.63) is 65.2 Å². The Labute approximate surface area is 173 Å². The highest BCUT2D eigenvalue weighted by Crippen LogP contribution is 2.30. The lowest BCUT2D eigenvalue weighted by Crippen LogP contribution is -2.38. The van der Waals surface area contributed by atoms with Gasteiger partial charge in [0.2, 0.25) is 0 Å². The zero-order valence-electron chi connectivity index (χ0n) is 16.8. The number of nitrogens with two attached hydrogens (primary N) is 1. The lowest BCUT2D eigenvalue weighted by Gasteiger charge is -2.19. The van der Waals surface area contributed by atoms with E-state index >= 15 is 0 Å². The number of amides is 1. The van der Waals surface area contributed by atoms with Crippen LogP contribution in [-0.2, 0) is 17.5 Å². The quantitative estimate of drug-likeness (QED) is 0.450. The van der Waals surface area contributed by atoms with Gasteiger partial charge in [-0.05, 0) is 49.2 Å². The Morgan fingerprint density at radius 1 is 1.20 bits per heavy atom. The number of aliphatic imine (C=N–C) groups is 1. The molecule has 0 aromatic heterocycles. The first-order valence-corrected chi connectivity index (χ1v) is 9.41. The van der Waals surface area contributed by atoms with Crippen LogP contribution in [-0.4, -0.2) is 25.0 Å². The minimum atomic E-state index is -4.39. The van der Waals surface area contributed by atoms with Gasteiger partial charge in [0.1, 0.15) is 5.75 Å². The van der Waals surface area contributed by atoms with E-state index in [4.69, 9.17) is 10.5 Å². The summed E-state index contributed by atoms with van der Waals surface area (Å²) in [6.45, 7) is 4.33. The van der Waals surface area contributed by atoms with Crippen LogP contribution in [0.4, 0.5) is 13.2 Å². The molecule has 0 aliphatic rings. The minimum absolute atomic E-state index is 0.217. The molecule has 162 valence electrons. The van der Waals surface area contributed by atoms with Crippen LogP contribution in [0.25, 0.3) is 0 Å². The standard InChI is InChI=1S/C21H25F3N4O2/c1-3-26-20(27-12-15-6-4-9-18(10-15)30-13-19(25)29)28-14(2)16-7-5-8-17(11-16)21(22,23)24/h4-11,14H,3,12-13H2,1-2H3,(H2,25,29)(H2,26,27,28). The molecule has 30 heavy (non-hydrogen) atoms. The number of halogens is 3. The van der Waals surface area contributed by atoms with E-state index in [1.54, 1.807) is 31.2 Å². The molecule has 2 aromatic carbocycles. The highest BCUT2D eigenvalue weighted by molar-refractivity contribution is 5.80. The fourth-order valence-electron chi connectivity index (χ4n) is 2.65. The first-order chi connectivity index (χ1) is 14.2. The predicted molar refractivity (Wildman–Crippen MR) is 109 cm³/mol. The number of hydrogen-bond acceptors (Lipinski definition) is 3. The normalized spacial score (nSPS) is 12.9. The molecule has 0 spiro atoms. The first kappa shape index (κ1) is 23.1. The summed E-state index contributed by atoms with van der Waals surface area (Å²) in [5.41, 5.74) is 5.71. The molecule has 1 atom stereocenters. The van der Waals surface area contributed by atoms with E-state index in [0.717, 1.165) is 17.7 Å². The molecule has 4 N–H and O–H groups in total. The maximum Gasteiger partial charge on any atom is 0.416 e. The molecule has 0 saturated carbocycles. The van der Waals surface area contributed by atoms with Crippen LogP contribution in [0.15, 0.2) is 53.5 Å². The second-order valence-electron chi connectivity index (χ2n) is 6.59. The van der Waals surface area contributed by atoms with Crippen LogP contribution >= 0.6 is 0 Å². The Balaban J connectivity index is 2.09. The fraction of sp³-hybridized carbons (Fsp3) is 0.333. The van der Waals surface area contributed by atoms with Gasteiger partial charge in [0.15, 0.2) is 12.6 Å². The number of nitrogens with one attached hydrogen (secondary N) is 2. The van der Waals surface area contributed by atoms with Gasteiger partial charge in [0.05, 0.1) is 18.2 Å². The van der Waals surface area contributed by atoms with Gasteiger partial charge in [-0.1, -0.05) is 24.3 Å². The Morgan fingerprint density at radius 2 is 1.93 bits per heavy atom. The van der Waals surface area contributed by atoms with Gasteiger partial charge in [-0.3, -0.25) is 4.79 Å². The Morgan fingerprint density at radius 3 is 2.60 bits per heavy atom. The highest BCUT2D eigenvalue weighted by Gasteiger charge is 2.30. The van der Waals surface area contributed by atoms with Gasteiger partial charge < -0.3 is 21.1 Å². The molecule has 1 amide bonds. The molecule has 2 rings (SSSR count). The van der Waals surface area contributed by atoms with Crippen LogP contribution in [0, 0.1) is 0 Å². The number of ether oxygens (including phenoxy) is 1. The first-order valence-electron chi connectivity index (χ1n) is 9.41. The number of primary amides is 1. The van der Waals surface area contributed by atoms with Crippen molar-refractivity contribution in [2.45, 2.75) is 32.6 Å². The Kier molecular flexibility index (Phi) is 8.08.